The zero-order valence-corrected chi connectivity index (χ0v) is 13.8. The van der Waals surface area contributed by atoms with Crippen molar-refractivity contribution in [1.82, 2.24) is 9.97 Å². The molecule has 1 heterocycles. The number of rotatable bonds is 5. The molecule has 0 spiro atoms. The highest BCUT2D eigenvalue weighted by Crippen LogP contribution is 2.33. The lowest BCUT2D eigenvalue weighted by Gasteiger charge is -2.16. The molecule has 1 aromatic heterocycles. The molecule has 0 aliphatic rings. The largest absolute Gasteiger partial charge is 0.325 e. The van der Waals surface area contributed by atoms with Crippen molar-refractivity contribution in [3.05, 3.63) is 88.6 Å². The van der Waals surface area contributed by atoms with Gasteiger partial charge in [-0.2, -0.15) is 0 Å². The Morgan fingerprint density at radius 1 is 1.08 bits per heavy atom. The van der Waals surface area contributed by atoms with Crippen LogP contribution >= 0.6 is 11.8 Å². The summed E-state index contributed by atoms with van der Waals surface area (Å²) >= 11 is 1.13. The van der Waals surface area contributed by atoms with E-state index in [1.807, 2.05) is 30.3 Å². The van der Waals surface area contributed by atoms with Crippen LogP contribution in [0.15, 0.2) is 76.8 Å². The summed E-state index contributed by atoms with van der Waals surface area (Å²) in [6, 6.07) is 16.0. The summed E-state index contributed by atoms with van der Waals surface area (Å²) in [5, 5.41) is 2.47. The van der Waals surface area contributed by atoms with Gasteiger partial charge in [-0.25, -0.2) is 9.37 Å². The van der Waals surface area contributed by atoms with Gasteiger partial charge in [0.2, 0.25) is 5.91 Å². The number of aromatic amines is 1. The van der Waals surface area contributed by atoms with Crippen LogP contribution in [-0.4, -0.2) is 15.9 Å². The van der Waals surface area contributed by atoms with Crippen LogP contribution in [0.1, 0.15) is 10.8 Å². The lowest BCUT2D eigenvalue weighted by molar-refractivity contribution is -0.115. The van der Waals surface area contributed by atoms with Crippen LogP contribution in [0.3, 0.4) is 0 Å². The monoisotopic (exact) mass is 355 g/mol. The zero-order valence-electron chi connectivity index (χ0n) is 13.0. The van der Waals surface area contributed by atoms with Gasteiger partial charge in [-0.1, -0.05) is 42.1 Å². The summed E-state index contributed by atoms with van der Waals surface area (Å²) < 4.78 is 13.0. The SMILES string of the molecule is O=C(Nc1ccc(F)cc1)[C@H](Sc1nccc(=O)[nH]1)c1ccccc1. The van der Waals surface area contributed by atoms with Gasteiger partial charge in [-0.15, -0.1) is 0 Å². The lowest BCUT2D eigenvalue weighted by atomic mass is 10.1. The second kappa shape index (κ2) is 7.76. The molecule has 2 N–H and O–H groups in total. The standard InChI is InChI=1S/C18H14FN3O2S/c19-13-6-8-14(9-7-13)21-17(24)16(12-4-2-1-3-5-12)25-18-20-11-10-15(23)22-18/h1-11,16H,(H,21,24)(H,20,22,23)/t16-/m1/s1. The third kappa shape index (κ3) is 4.54. The maximum atomic E-state index is 13.0. The van der Waals surface area contributed by atoms with E-state index in [1.165, 1.54) is 36.5 Å². The number of nitrogens with one attached hydrogen (secondary N) is 2. The molecule has 0 saturated heterocycles. The van der Waals surface area contributed by atoms with E-state index >= 15 is 0 Å². The van der Waals surface area contributed by atoms with Gasteiger partial charge in [-0.3, -0.25) is 9.59 Å². The minimum absolute atomic E-state index is 0.289. The number of nitrogens with zero attached hydrogens (tertiary/aromatic N) is 1. The van der Waals surface area contributed by atoms with Crippen molar-refractivity contribution >= 4 is 23.4 Å². The van der Waals surface area contributed by atoms with Crippen molar-refractivity contribution < 1.29 is 9.18 Å². The first-order valence-corrected chi connectivity index (χ1v) is 8.33. The summed E-state index contributed by atoms with van der Waals surface area (Å²) in [7, 11) is 0. The quantitative estimate of drug-likeness (QED) is 0.543. The van der Waals surface area contributed by atoms with E-state index in [-0.39, 0.29) is 17.3 Å². The Morgan fingerprint density at radius 3 is 2.48 bits per heavy atom. The first kappa shape index (κ1) is 16.9. The summed E-state index contributed by atoms with van der Waals surface area (Å²) in [6.07, 6.45) is 1.39. The van der Waals surface area contributed by atoms with Gasteiger partial charge in [0.05, 0.1) is 0 Å². The van der Waals surface area contributed by atoms with Crippen molar-refractivity contribution in [3.63, 3.8) is 0 Å². The molecule has 1 amide bonds. The number of carbonyl (C=O) groups is 1. The molecule has 0 aliphatic carbocycles. The van der Waals surface area contributed by atoms with Gasteiger partial charge in [0.1, 0.15) is 11.1 Å². The number of amides is 1. The predicted octanol–water partition coefficient (Wildman–Crippen LogP) is 3.38. The van der Waals surface area contributed by atoms with Gasteiger partial charge in [-0.05, 0) is 29.8 Å². The number of aromatic nitrogens is 2. The first-order chi connectivity index (χ1) is 12.1. The topological polar surface area (TPSA) is 74.8 Å². The Hall–Kier alpha value is -2.93. The highest BCUT2D eigenvalue weighted by molar-refractivity contribution is 8.00. The van der Waals surface area contributed by atoms with Crippen LogP contribution in [0.4, 0.5) is 10.1 Å². The average Bonchev–Trinajstić information content (AvgIpc) is 2.62. The predicted molar refractivity (Wildman–Crippen MR) is 94.9 cm³/mol. The van der Waals surface area contributed by atoms with Crippen molar-refractivity contribution in [2.45, 2.75) is 10.4 Å². The average molecular weight is 355 g/mol. The summed E-state index contributed by atoms with van der Waals surface area (Å²) in [6.45, 7) is 0. The highest BCUT2D eigenvalue weighted by atomic mass is 32.2. The van der Waals surface area contributed by atoms with E-state index in [2.05, 4.69) is 15.3 Å². The molecule has 3 aromatic rings. The Labute approximate surface area is 147 Å². The molecule has 0 radical (unpaired) electrons. The van der Waals surface area contributed by atoms with Gasteiger partial charge >= 0.3 is 0 Å². The number of hydrogen-bond acceptors (Lipinski definition) is 4. The van der Waals surface area contributed by atoms with Crippen molar-refractivity contribution in [1.29, 1.82) is 0 Å². The fourth-order valence-electron chi connectivity index (χ4n) is 2.17. The Morgan fingerprint density at radius 2 is 1.80 bits per heavy atom. The van der Waals surface area contributed by atoms with Gasteiger partial charge < -0.3 is 10.3 Å². The molecular weight excluding hydrogens is 341 g/mol. The van der Waals surface area contributed by atoms with Gasteiger partial charge in [0.25, 0.3) is 5.56 Å². The number of hydrogen-bond donors (Lipinski definition) is 2. The molecule has 3 rings (SSSR count). The van der Waals surface area contributed by atoms with Crippen LogP contribution < -0.4 is 10.9 Å². The third-order valence-electron chi connectivity index (χ3n) is 3.33. The second-order valence-electron chi connectivity index (χ2n) is 5.14. The third-order valence-corrected chi connectivity index (χ3v) is 4.48. The number of H-pyrrole nitrogens is 1. The molecule has 7 heteroatoms. The van der Waals surface area contributed by atoms with Gasteiger partial charge in [0, 0.05) is 18.0 Å². The van der Waals surface area contributed by atoms with Crippen molar-refractivity contribution in [3.8, 4) is 0 Å². The highest BCUT2D eigenvalue weighted by Gasteiger charge is 2.23. The van der Waals surface area contributed by atoms with Crippen molar-refractivity contribution in [2.75, 3.05) is 5.32 Å². The molecule has 1 atom stereocenters. The van der Waals surface area contributed by atoms with E-state index < -0.39 is 5.25 Å². The molecule has 0 unspecified atom stereocenters. The van der Waals surface area contributed by atoms with Crippen LogP contribution in [0.25, 0.3) is 0 Å². The summed E-state index contributed by atoms with van der Waals surface area (Å²) in [5.74, 6) is -0.674. The lowest BCUT2D eigenvalue weighted by Crippen LogP contribution is -2.19. The molecule has 25 heavy (non-hydrogen) atoms. The number of carbonyl (C=O) groups excluding carboxylic acids is 1. The molecule has 0 saturated carbocycles. The summed E-state index contributed by atoms with van der Waals surface area (Å²) in [4.78, 5) is 30.9. The van der Waals surface area contributed by atoms with E-state index in [0.717, 1.165) is 17.3 Å². The number of halogens is 1. The van der Waals surface area contributed by atoms with Crippen LogP contribution in [0.5, 0.6) is 0 Å². The van der Waals surface area contributed by atoms with E-state index in [1.54, 1.807) is 0 Å². The Bertz CT molecular complexity index is 913. The van der Waals surface area contributed by atoms with E-state index in [9.17, 15) is 14.0 Å². The van der Waals surface area contributed by atoms with Crippen LogP contribution in [0.2, 0.25) is 0 Å². The zero-order chi connectivity index (χ0) is 17.6. The smallest absolute Gasteiger partial charge is 0.251 e. The first-order valence-electron chi connectivity index (χ1n) is 7.45. The molecule has 2 aromatic carbocycles. The number of benzene rings is 2. The minimum Gasteiger partial charge on any atom is -0.325 e. The molecule has 0 bridgehead atoms. The fraction of sp³-hybridized carbons (Fsp3) is 0.0556. The summed E-state index contributed by atoms with van der Waals surface area (Å²) in [5.41, 5.74) is 0.962. The number of anilines is 1. The molecule has 0 aliphatic heterocycles. The maximum Gasteiger partial charge on any atom is 0.251 e. The minimum atomic E-state index is -0.628. The Kier molecular flexibility index (Phi) is 5.25. The van der Waals surface area contributed by atoms with Crippen LogP contribution in [-0.2, 0) is 4.79 Å². The molecule has 5 nitrogen and oxygen atoms in total. The maximum absolute atomic E-state index is 13.0. The van der Waals surface area contributed by atoms with E-state index in [0.29, 0.717) is 10.8 Å². The molecule has 0 fully saturated rings. The van der Waals surface area contributed by atoms with E-state index in [4.69, 9.17) is 0 Å². The van der Waals surface area contributed by atoms with Gasteiger partial charge in [0.15, 0.2) is 5.16 Å². The van der Waals surface area contributed by atoms with Crippen molar-refractivity contribution in [2.24, 2.45) is 0 Å². The second-order valence-corrected chi connectivity index (χ2v) is 6.24. The number of thioether (sulfide) groups is 1. The van der Waals surface area contributed by atoms with Crippen LogP contribution in [0, 0.1) is 5.82 Å². The molecular formula is C18H14FN3O2S. The normalized spacial score (nSPS) is 11.7. The fourth-order valence-corrected chi connectivity index (χ4v) is 3.13. The Balaban J connectivity index is 1.86. The molecule has 126 valence electrons.